The Kier molecular flexibility index (Phi) is 3.55. The van der Waals surface area contributed by atoms with Crippen molar-refractivity contribution in [1.82, 2.24) is 9.55 Å². The van der Waals surface area contributed by atoms with E-state index in [0.29, 0.717) is 17.8 Å². The van der Waals surface area contributed by atoms with Crippen molar-refractivity contribution < 1.29 is 5.11 Å². The topological polar surface area (TPSA) is 67.2 Å². The first kappa shape index (κ1) is 12.7. The maximum atomic E-state index is 12.2. The molecule has 2 N–H and O–H groups in total. The molecule has 0 amide bonds. The van der Waals surface area contributed by atoms with Gasteiger partial charge in [0.1, 0.15) is 0 Å². The van der Waals surface area contributed by atoms with Gasteiger partial charge in [0.15, 0.2) is 5.82 Å². The van der Waals surface area contributed by atoms with Gasteiger partial charge in [0, 0.05) is 25.0 Å². The Labute approximate surface area is 112 Å². The average molecular weight is 263 g/mol. The number of aliphatic hydroxyl groups excluding tert-OH is 1. The van der Waals surface area contributed by atoms with Crippen LogP contribution in [0.25, 0.3) is 0 Å². The lowest BCUT2D eigenvalue weighted by atomic mass is 9.87. The zero-order valence-electron chi connectivity index (χ0n) is 11.1. The van der Waals surface area contributed by atoms with Crippen LogP contribution in [-0.2, 0) is 0 Å². The molecule has 2 fully saturated rings. The Balaban J connectivity index is 1.60. The summed E-state index contributed by atoms with van der Waals surface area (Å²) >= 11 is 0. The van der Waals surface area contributed by atoms with Gasteiger partial charge in [-0.25, -0.2) is 4.98 Å². The van der Waals surface area contributed by atoms with Crippen molar-refractivity contribution in [1.29, 1.82) is 0 Å². The second-order valence-corrected chi connectivity index (χ2v) is 5.77. The van der Waals surface area contributed by atoms with Gasteiger partial charge in [-0.3, -0.25) is 4.79 Å². The van der Waals surface area contributed by atoms with Gasteiger partial charge < -0.3 is 15.0 Å². The molecule has 2 saturated carbocycles. The third-order valence-electron chi connectivity index (χ3n) is 4.18. The van der Waals surface area contributed by atoms with E-state index in [9.17, 15) is 9.90 Å². The van der Waals surface area contributed by atoms with Crippen LogP contribution in [0.5, 0.6) is 0 Å². The first-order valence-electron chi connectivity index (χ1n) is 7.23. The Morgan fingerprint density at radius 2 is 2.00 bits per heavy atom. The smallest absolute Gasteiger partial charge is 0.293 e. The lowest BCUT2D eigenvalue weighted by molar-refractivity contribution is 0.111. The molecule has 19 heavy (non-hydrogen) atoms. The van der Waals surface area contributed by atoms with E-state index in [0.717, 1.165) is 45.1 Å². The summed E-state index contributed by atoms with van der Waals surface area (Å²) in [5.74, 6) is 1.01. The minimum atomic E-state index is -0.127. The monoisotopic (exact) mass is 263 g/mol. The molecule has 104 valence electrons. The van der Waals surface area contributed by atoms with Gasteiger partial charge in [-0.1, -0.05) is 0 Å². The molecular weight excluding hydrogens is 242 g/mol. The Morgan fingerprint density at radius 3 is 2.68 bits per heavy atom. The van der Waals surface area contributed by atoms with Crippen molar-refractivity contribution in [2.24, 2.45) is 5.92 Å². The summed E-state index contributed by atoms with van der Waals surface area (Å²) in [7, 11) is 0. The van der Waals surface area contributed by atoms with E-state index in [1.54, 1.807) is 17.0 Å². The van der Waals surface area contributed by atoms with Crippen LogP contribution in [0.2, 0.25) is 0 Å². The molecule has 0 atom stereocenters. The van der Waals surface area contributed by atoms with Crippen molar-refractivity contribution in [3.63, 3.8) is 0 Å². The van der Waals surface area contributed by atoms with Gasteiger partial charge >= 0.3 is 0 Å². The van der Waals surface area contributed by atoms with Crippen molar-refractivity contribution in [3.05, 3.63) is 22.7 Å². The summed E-state index contributed by atoms with van der Waals surface area (Å²) in [6.07, 6.45) is 9.36. The third kappa shape index (κ3) is 2.97. The summed E-state index contributed by atoms with van der Waals surface area (Å²) in [5.41, 5.74) is 0.000782. The van der Waals surface area contributed by atoms with Crippen LogP contribution >= 0.6 is 0 Å². The number of nitrogens with one attached hydrogen (secondary N) is 1. The van der Waals surface area contributed by atoms with Crippen LogP contribution in [0.1, 0.15) is 44.6 Å². The van der Waals surface area contributed by atoms with E-state index < -0.39 is 0 Å². The van der Waals surface area contributed by atoms with E-state index >= 15 is 0 Å². The SMILES string of the molecule is O=c1c(NCC2CCC(O)CC2)nccn1C1CC1. The van der Waals surface area contributed by atoms with Crippen LogP contribution < -0.4 is 10.9 Å². The van der Waals surface area contributed by atoms with Gasteiger partial charge in [-0.15, -0.1) is 0 Å². The molecule has 0 bridgehead atoms. The lowest BCUT2D eigenvalue weighted by Gasteiger charge is -2.25. The molecule has 1 aromatic heterocycles. The van der Waals surface area contributed by atoms with Crippen molar-refractivity contribution in [2.45, 2.75) is 50.7 Å². The minimum absolute atomic E-state index is 0.000782. The van der Waals surface area contributed by atoms with Gasteiger partial charge in [-0.05, 0) is 44.4 Å². The van der Waals surface area contributed by atoms with Gasteiger partial charge in [0.25, 0.3) is 5.56 Å². The van der Waals surface area contributed by atoms with Crippen LogP contribution in [0.3, 0.4) is 0 Å². The summed E-state index contributed by atoms with van der Waals surface area (Å²) in [6, 6.07) is 0.390. The molecule has 0 radical (unpaired) electrons. The van der Waals surface area contributed by atoms with E-state index in [1.807, 2.05) is 0 Å². The zero-order valence-corrected chi connectivity index (χ0v) is 11.1. The minimum Gasteiger partial charge on any atom is -0.393 e. The average Bonchev–Trinajstić information content (AvgIpc) is 3.24. The van der Waals surface area contributed by atoms with Crippen molar-refractivity contribution >= 4 is 5.82 Å². The highest BCUT2D eigenvalue weighted by molar-refractivity contribution is 5.31. The normalized spacial score (nSPS) is 27.2. The molecule has 2 aliphatic carbocycles. The van der Waals surface area contributed by atoms with Crippen LogP contribution in [0.15, 0.2) is 17.2 Å². The fourth-order valence-electron chi connectivity index (χ4n) is 2.78. The quantitative estimate of drug-likeness (QED) is 0.864. The number of hydrogen-bond acceptors (Lipinski definition) is 4. The zero-order chi connectivity index (χ0) is 13.2. The second kappa shape index (κ2) is 5.33. The Hall–Kier alpha value is -1.36. The van der Waals surface area contributed by atoms with Gasteiger partial charge in [-0.2, -0.15) is 0 Å². The molecule has 5 nitrogen and oxygen atoms in total. The number of aromatic nitrogens is 2. The fraction of sp³-hybridized carbons (Fsp3) is 0.714. The van der Waals surface area contributed by atoms with E-state index in [-0.39, 0.29) is 11.7 Å². The Morgan fingerprint density at radius 1 is 1.26 bits per heavy atom. The maximum Gasteiger partial charge on any atom is 0.293 e. The van der Waals surface area contributed by atoms with E-state index in [4.69, 9.17) is 0 Å². The van der Waals surface area contributed by atoms with E-state index in [2.05, 4.69) is 10.3 Å². The standard InChI is InChI=1S/C14H21N3O2/c18-12-5-1-10(2-6-12)9-16-13-14(19)17(8-7-15-13)11-3-4-11/h7-8,10-12,18H,1-6,9H2,(H,15,16). The van der Waals surface area contributed by atoms with Crippen LogP contribution in [-0.4, -0.2) is 27.3 Å². The molecule has 0 aliphatic heterocycles. The first-order valence-corrected chi connectivity index (χ1v) is 7.23. The number of aliphatic hydroxyl groups is 1. The molecule has 3 rings (SSSR count). The third-order valence-corrected chi connectivity index (χ3v) is 4.18. The fourth-order valence-corrected chi connectivity index (χ4v) is 2.78. The highest BCUT2D eigenvalue weighted by Gasteiger charge is 2.25. The van der Waals surface area contributed by atoms with E-state index in [1.165, 1.54) is 0 Å². The summed E-state index contributed by atoms with van der Waals surface area (Å²) in [4.78, 5) is 16.3. The summed E-state index contributed by atoms with van der Waals surface area (Å²) in [5, 5.41) is 12.7. The molecule has 5 heteroatoms. The number of hydrogen-bond donors (Lipinski definition) is 2. The van der Waals surface area contributed by atoms with Crippen molar-refractivity contribution in [2.75, 3.05) is 11.9 Å². The number of nitrogens with zero attached hydrogens (tertiary/aromatic N) is 2. The first-order chi connectivity index (χ1) is 9.24. The molecule has 0 saturated heterocycles. The summed E-state index contributed by atoms with van der Waals surface area (Å²) < 4.78 is 1.79. The predicted molar refractivity (Wildman–Crippen MR) is 73.2 cm³/mol. The molecule has 0 spiro atoms. The van der Waals surface area contributed by atoms with Crippen LogP contribution in [0, 0.1) is 5.92 Å². The van der Waals surface area contributed by atoms with Gasteiger partial charge in [0.2, 0.25) is 0 Å². The highest BCUT2D eigenvalue weighted by Crippen LogP contribution is 2.33. The maximum absolute atomic E-state index is 12.2. The molecule has 2 aliphatic rings. The molecule has 1 aromatic rings. The second-order valence-electron chi connectivity index (χ2n) is 5.77. The molecule has 1 heterocycles. The van der Waals surface area contributed by atoms with Crippen LogP contribution in [0.4, 0.5) is 5.82 Å². The Bertz CT molecular complexity index is 488. The number of rotatable bonds is 4. The predicted octanol–water partition coefficient (Wildman–Crippen LogP) is 1.54. The largest absolute Gasteiger partial charge is 0.393 e. The lowest BCUT2D eigenvalue weighted by Crippen LogP contribution is -2.28. The molecule has 0 unspecified atom stereocenters. The summed E-state index contributed by atoms with van der Waals surface area (Å²) in [6.45, 7) is 0.781. The molecular formula is C14H21N3O2. The van der Waals surface area contributed by atoms with Gasteiger partial charge in [0.05, 0.1) is 6.10 Å². The highest BCUT2D eigenvalue weighted by atomic mass is 16.3. The molecule has 0 aromatic carbocycles. The number of anilines is 1. The van der Waals surface area contributed by atoms with Crippen molar-refractivity contribution in [3.8, 4) is 0 Å².